The summed E-state index contributed by atoms with van der Waals surface area (Å²) in [4.78, 5) is 13.0. The first-order valence-corrected chi connectivity index (χ1v) is 10.7. The molecule has 0 spiro atoms. The Bertz CT molecular complexity index is 1310. The molecular weight excluding hydrogens is 391 g/mol. The molecule has 0 aromatic heterocycles. The van der Waals surface area contributed by atoms with E-state index >= 15 is 0 Å². The Morgan fingerprint density at radius 2 is 1.25 bits per heavy atom. The first-order chi connectivity index (χ1) is 15.8. The van der Waals surface area contributed by atoms with E-state index in [4.69, 9.17) is 4.65 Å². The van der Waals surface area contributed by atoms with Crippen molar-refractivity contribution in [2.75, 3.05) is 0 Å². The number of carbonyl (C=O) groups excluding carboxylic acids is 1. The lowest BCUT2D eigenvalue weighted by atomic mass is 9.59. The van der Waals surface area contributed by atoms with Crippen LogP contribution in [0.25, 0.3) is 23.0 Å². The molecular formula is C29H21BO2. The van der Waals surface area contributed by atoms with Gasteiger partial charge in [0.1, 0.15) is 5.76 Å². The summed E-state index contributed by atoms with van der Waals surface area (Å²) in [6.45, 7) is -0.325. The smallest absolute Gasteiger partial charge is 0.419 e. The number of ketones is 1. The molecule has 152 valence electrons. The molecule has 0 radical (unpaired) electrons. The van der Waals surface area contributed by atoms with Gasteiger partial charge in [-0.25, -0.2) is 0 Å². The molecule has 0 unspecified atom stereocenters. The van der Waals surface area contributed by atoms with E-state index in [1.807, 2.05) is 78.9 Å². The number of rotatable bonds is 5. The number of hydrogen-bond acceptors (Lipinski definition) is 2. The summed E-state index contributed by atoms with van der Waals surface area (Å²) in [5.41, 5.74) is 6.04. The fraction of sp³-hybridized carbons (Fsp3) is 0. The third-order valence-corrected chi connectivity index (χ3v) is 5.60. The fourth-order valence-corrected chi connectivity index (χ4v) is 4.00. The fourth-order valence-electron chi connectivity index (χ4n) is 4.00. The lowest BCUT2D eigenvalue weighted by Crippen LogP contribution is -2.32. The third-order valence-electron chi connectivity index (χ3n) is 5.60. The second-order valence-corrected chi connectivity index (χ2v) is 7.68. The van der Waals surface area contributed by atoms with E-state index in [0.717, 1.165) is 22.2 Å². The van der Waals surface area contributed by atoms with E-state index in [1.165, 1.54) is 5.56 Å². The van der Waals surface area contributed by atoms with Gasteiger partial charge in [-0.05, 0) is 22.2 Å². The van der Waals surface area contributed by atoms with Crippen LogP contribution in [-0.4, -0.2) is 12.7 Å². The first kappa shape index (κ1) is 19.8. The minimum Gasteiger partial charge on any atom is -0.551 e. The lowest BCUT2D eigenvalue weighted by molar-refractivity contribution is 0.104. The number of fused-ring (bicyclic) bond motifs is 3. The second-order valence-electron chi connectivity index (χ2n) is 7.68. The highest BCUT2D eigenvalue weighted by atomic mass is 16.4. The summed E-state index contributed by atoms with van der Waals surface area (Å²) in [7, 11) is 0. The summed E-state index contributed by atoms with van der Waals surface area (Å²) >= 11 is 0. The van der Waals surface area contributed by atoms with E-state index in [9.17, 15) is 4.79 Å². The molecule has 0 amide bonds. The zero-order valence-corrected chi connectivity index (χ0v) is 17.5. The van der Waals surface area contributed by atoms with E-state index in [2.05, 4.69) is 42.4 Å². The van der Waals surface area contributed by atoms with Crippen molar-refractivity contribution in [2.24, 2.45) is 0 Å². The second kappa shape index (κ2) is 8.95. The van der Waals surface area contributed by atoms with Crippen molar-refractivity contribution in [3.8, 4) is 11.1 Å². The van der Waals surface area contributed by atoms with Crippen LogP contribution < -0.4 is 5.46 Å². The predicted molar refractivity (Wildman–Crippen MR) is 133 cm³/mol. The maximum Gasteiger partial charge on any atom is 0.419 e. The Kier molecular flexibility index (Phi) is 5.55. The normalized spacial score (nSPS) is 12.5. The number of hydrogen-bond donors (Lipinski definition) is 0. The topological polar surface area (TPSA) is 26.3 Å². The van der Waals surface area contributed by atoms with Crippen molar-refractivity contribution >= 4 is 30.0 Å². The molecule has 0 aliphatic carbocycles. The molecule has 0 N–H and O–H groups in total. The van der Waals surface area contributed by atoms with Gasteiger partial charge in [-0.2, -0.15) is 0 Å². The van der Waals surface area contributed by atoms with Crippen molar-refractivity contribution in [3.05, 3.63) is 138 Å². The number of benzene rings is 4. The van der Waals surface area contributed by atoms with Crippen LogP contribution in [0.1, 0.15) is 21.5 Å². The average molecular weight is 412 g/mol. The first-order valence-electron chi connectivity index (χ1n) is 10.7. The summed E-state index contributed by atoms with van der Waals surface area (Å²) in [5, 5.41) is 0. The summed E-state index contributed by atoms with van der Waals surface area (Å²) in [6, 6.07) is 35.7. The summed E-state index contributed by atoms with van der Waals surface area (Å²) in [5.74, 6) is 2.53. The Hall–Kier alpha value is -4.11. The quantitative estimate of drug-likeness (QED) is 0.172. The van der Waals surface area contributed by atoms with Crippen LogP contribution in [0.5, 0.6) is 0 Å². The molecule has 0 saturated carbocycles. The average Bonchev–Trinajstić information content (AvgIpc) is 3.02. The molecule has 0 fully saturated rings. The SMILES string of the molecule is O=C(/C=C(/OB1C=Cc2ccccc2-c2ccccc21)c1ccccc1)c1ccccc1. The standard InChI is InChI=1S/C29H21BO2/c31-28(23-12-3-1-4-13-23)21-29(24-14-5-2-6-15-24)32-30-20-19-22-11-7-8-16-25(22)26-17-9-10-18-27(26)30/h1-21H/b29-21+. The van der Waals surface area contributed by atoms with Crippen LogP contribution in [0.4, 0.5) is 0 Å². The number of allylic oxidation sites excluding steroid dienone is 1. The molecule has 5 rings (SSSR count). The van der Waals surface area contributed by atoms with E-state index in [-0.39, 0.29) is 12.7 Å². The van der Waals surface area contributed by atoms with Gasteiger partial charge < -0.3 is 4.65 Å². The molecule has 0 saturated heterocycles. The largest absolute Gasteiger partial charge is 0.551 e. The Labute approximate surface area is 188 Å². The van der Waals surface area contributed by atoms with Crippen molar-refractivity contribution in [1.82, 2.24) is 0 Å². The van der Waals surface area contributed by atoms with Gasteiger partial charge in [-0.3, -0.25) is 4.79 Å². The molecule has 1 aliphatic heterocycles. The molecule has 4 aromatic rings. The predicted octanol–water partition coefficient (Wildman–Crippen LogP) is 6.06. The zero-order valence-electron chi connectivity index (χ0n) is 17.5. The van der Waals surface area contributed by atoms with Crippen LogP contribution in [0, 0.1) is 0 Å². The monoisotopic (exact) mass is 412 g/mol. The summed E-state index contributed by atoms with van der Waals surface area (Å²) in [6.07, 6.45) is 3.70. The highest BCUT2D eigenvalue weighted by molar-refractivity contribution is 6.75. The van der Waals surface area contributed by atoms with E-state index in [1.54, 1.807) is 6.08 Å². The summed E-state index contributed by atoms with van der Waals surface area (Å²) < 4.78 is 6.56. The highest BCUT2D eigenvalue weighted by Crippen LogP contribution is 2.28. The van der Waals surface area contributed by atoms with Crippen molar-refractivity contribution in [3.63, 3.8) is 0 Å². The van der Waals surface area contributed by atoms with Gasteiger partial charge in [0.2, 0.25) is 0 Å². The van der Waals surface area contributed by atoms with Gasteiger partial charge in [0.25, 0.3) is 0 Å². The molecule has 3 heteroatoms. The van der Waals surface area contributed by atoms with Gasteiger partial charge in [-0.15, -0.1) is 0 Å². The van der Waals surface area contributed by atoms with Crippen molar-refractivity contribution < 1.29 is 9.45 Å². The van der Waals surface area contributed by atoms with Gasteiger partial charge in [0.15, 0.2) is 5.78 Å². The van der Waals surface area contributed by atoms with Crippen LogP contribution >= 0.6 is 0 Å². The molecule has 1 aliphatic rings. The molecule has 0 bridgehead atoms. The molecule has 4 aromatic carbocycles. The molecule has 0 atom stereocenters. The van der Waals surface area contributed by atoms with Gasteiger partial charge in [0.05, 0.1) is 0 Å². The van der Waals surface area contributed by atoms with Crippen molar-refractivity contribution in [2.45, 2.75) is 0 Å². The maximum atomic E-state index is 13.0. The molecule has 2 nitrogen and oxygen atoms in total. The Morgan fingerprint density at radius 1 is 0.656 bits per heavy atom. The highest BCUT2D eigenvalue weighted by Gasteiger charge is 2.26. The van der Waals surface area contributed by atoms with Crippen LogP contribution in [0.15, 0.2) is 121 Å². The lowest BCUT2D eigenvalue weighted by Gasteiger charge is -2.18. The minimum absolute atomic E-state index is 0.0846. The molecule has 32 heavy (non-hydrogen) atoms. The number of carbonyl (C=O) groups is 1. The zero-order chi connectivity index (χ0) is 21.8. The van der Waals surface area contributed by atoms with Crippen molar-refractivity contribution in [1.29, 1.82) is 0 Å². The van der Waals surface area contributed by atoms with E-state index in [0.29, 0.717) is 11.3 Å². The maximum absolute atomic E-state index is 13.0. The van der Waals surface area contributed by atoms with E-state index < -0.39 is 0 Å². The molecule has 1 heterocycles. The Balaban J connectivity index is 1.57. The third kappa shape index (κ3) is 4.06. The van der Waals surface area contributed by atoms with Gasteiger partial charge in [-0.1, -0.05) is 121 Å². The Morgan fingerprint density at radius 3 is 2.00 bits per heavy atom. The van der Waals surface area contributed by atoms with Crippen LogP contribution in [0.2, 0.25) is 0 Å². The van der Waals surface area contributed by atoms with Crippen LogP contribution in [-0.2, 0) is 4.65 Å². The van der Waals surface area contributed by atoms with Gasteiger partial charge in [0, 0.05) is 17.2 Å². The van der Waals surface area contributed by atoms with Crippen LogP contribution in [0.3, 0.4) is 0 Å². The minimum atomic E-state index is -0.325. The van der Waals surface area contributed by atoms with Gasteiger partial charge >= 0.3 is 6.92 Å².